The van der Waals surface area contributed by atoms with Gasteiger partial charge in [0.05, 0.1) is 0 Å². The first-order valence-electron chi connectivity index (χ1n) is 7.64. The molecule has 0 bridgehead atoms. The summed E-state index contributed by atoms with van der Waals surface area (Å²) in [6.07, 6.45) is 1.56. The Balaban J connectivity index is 1.82. The molecule has 7 heteroatoms. The van der Waals surface area contributed by atoms with Crippen LogP contribution in [0.5, 0.6) is 0 Å². The van der Waals surface area contributed by atoms with Gasteiger partial charge in [0.1, 0.15) is 0 Å². The van der Waals surface area contributed by atoms with Crippen LogP contribution < -0.4 is 10.0 Å². The normalized spacial score (nSPS) is 11.6. The Morgan fingerprint density at radius 3 is 2.56 bits per heavy atom. The van der Waals surface area contributed by atoms with Crippen molar-refractivity contribution < 1.29 is 13.2 Å². The van der Waals surface area contributed by atoms with Crippen LogP contribution in [0, 0.1) is 6.92 Å². The summed E-state index contributed by atoms with van der Waals surface area (Å²) < 4.78 is 27.1. The molecule has 0 aliphatic heterocycles. The Morgan fingerprint density at radius 1 is 1.16 bits per heavy atom. The number of rotatable bonds is 7. The van der Waals surface area contributed by atoms with Crippen molar-refractivity contribution >= 4 is 43.6 Å². The number of sulfonamides is 1. The van der Waals surface area contributed by atoms with Crippen LogP contribution in [-0.4, -0.2) is 20.9 Å². The zero-order valence-corrected chi connectivity index (χ0v) is 16.1. The van der Waals surface area contributed by atoms with Gasteiger partial charge in [0.2, 0.25) is 15.9 Å². The predicted octanol–water partition coefficient (Wildman–Crippen LogP) is 3.68. The van der Waals surface area contributed by atoms with Gasteiger partial charge in [0, 0.05) is 28.5 Å². The summed E-state index contributed by atoms with van der Waals surface area (Å²) >= 11 is 3.36. The zero-order chi connectivity index (χ0) is 18.3. The predicted molar refractivity (Wildman–Crippen MR) is 105 cm³/mol. The van der Waals surface area contributed by atoms with E-state index < -0.39 is 10.0 Å². The fourth-order valence-electron chi connectivity index (χ4n) is 2.07. The van der Waals surface area contributed by atoms with Crippen molar-refractivity contribution in [3.63, 3.8) is 0 Å². The maximum atomic E-state index is 11.9. The lowest BCUT2D eigenvalue weighted by atomic mass is 10.2. The van der Waals surface area contributed by atoms with Crippen LogP contribution in [-0.2, 0) is 14.8 Å². The minimum atomic E-state index is -3.58. The van der Waals surface area contributed by atoms with E-state index in [1.807, 2.05) is 37.3 Å². The molecule has 25 heavy (non-hydrogen) atoms. The lowest BCUT2D eigenvalue weighted by Crippen LogP contribution is -2.26. The average molecular weight is 423 g/mol. The Morgan fingerprint density at radius 2 is 1.88 bits per heavy atom. The molecule has 2 rings (SSSR count). The molecule has 2 aromatic rings. The molecule has 0 aliphatic carbocycles. The van der Waals surface area contributed by atoms with Gasteiger partial charge >= 0.3 is 0 Å². The lowest BCUT2D eigenvalue weighted by Gasteiger charge is -2.09. The first-order valence-corrected chi connectivity index (χ1v) is 9.98. The first kappa shape index (κ1) is 19.4. The second-order valence-electron chi connectivity index (χ2n) is 5.41. The van der Waals surface area contributed by atoms with Crippen molar-refractivity contribution in [2.75, 3.05) is 11.9 Å². The summed E-state index contributed by atoms with van der Waals surface area (Å²) in [5, 5.41) is 3.87. The van der Waals surface area contributed by atoms with E-state index in [1.165, 1.54) is 6.08 Å². The van der Waals surface area contributed by atoms with Gasteiger partial charge in [-0.1, -0.05) is 46.3 Å². The van der Waals surface area contributed by atoms with Gasteiger partial charge in [-0.2, -0.15) is 0 Å². The summed E-state index contributed by atoms with van der Waals surface area (Å²) in [5.74, 6) is -0.250. The van der Waals surface area contributed by atoms with Crippen molar-refractivity contribution in [1.82, 2.24) is 4.72 Å². The minimum absolute atomic E-state index is 0.0306. The topological polar surface area (TPSA) is 75.3 Å². The molecular weight excluding hydrogens is 404 g/mol. The van der Waals surface area contributed by atoms with Crippen LogP contribution in [0.4, 0.5) is 5.69 Å². The van der Waals surface area contributed by atoms with E-state index in [-0.39, 0.29) is 18.9 Å². The number of hydrogen-bond donors (Lipinski definition) is 2. The molecular formula is C18H19BrN2O3S. The quantitative estimate of drug-likeness (QED) is 0.714. The van der Waals surface area contributed by atoms with E-state index in [2.05, 4.69) is 26.0 Å². The van der Waals surface area contributed by atoms with Crippen molar-refractivity contribution in [3.05, 3.63) is 69.5 Å². The van der Waals surface area contributed by atoms with Gasteiger partial charge in [-0.25, -0.2) is 13.1 Å². The SMILES string of the molecule is Cc1cc(Br)ccc1NC(=O)CCNS(=O)(=O)/C=C/c1ccccc1. The maximum absolute atomic E-state index is 11.9. The van der Waals surface area contributed by atoms with Crippen LogP contribution in [0.15, 0.2) is 58.4 Å². The molecule has 0 saturated carbocycles. The second kappa shape index (κ2) is 8.94. The molecule has 0 aliphatic rings. The third-order valence-corrected chi connectivity index (χ3v) is 4.95. The Hall–Kier alpha value is -1.96. The number of nitrogens with one attached hydrogen (secondary N) is 2. The summed E-state index contributed by atoms with van der Waals surface area (Å²) in [7, 11) is -3.58. The van der Waals surface area contributed by atoms with Gasteiger partial charge in [-0.05, 0) is 42.3 Å². The van der Waals surface area contributed by atoms with Crippen molar-refractivity contribution in [1.29, 1.82) is 0 Å². The van der Waals surface area contributed by atoms with E-state index in [0.29, 0.717) is 5.69 Å². The van der Waals surface area contributed by atoms with E-state index >= 15 is 0 Å². The number of benzene rings is 2. The average Bonchev–Trinajstić information content (AvgIpc) is 2.56. The molecule has 0 heterocycles. The Kier molecular flexibility index (Phi) is 6.92. The van der Waals surface area contributed by atoms with Gasteiger partial charge in [-0.15, -0.1) is 0 Å². The summed E-state index contributed by atoms with van der Waals surface area (Å²) in [6.45, 7) is 1.92. The summed E-state index contributed by atoms with van der Waals surface area (Å²) in [6, 6.07) is 14.6. The largest absolute Gasteiger partial charge is 0.326 e. The van der Waals surface area contributed by atoms with E-state index in [9.17, 15) is 13.2 Å². The number of anilines is 1. The molecule has 1 amide bonds. The molecule has 2 aromatic carbocycles. The first-order chi connectivity index (χ1) is 11.9. The highest BCUT2D eigenvalue weighted by Crippen LogP contribution is 2.20. The van der Waals surface area contributed by atoms with Crippen molar-refractivity contribution in [3.8, 4) is 0 Å². The van der Waals surface area contributed by atoms with Crippen LogP contribution in [0.3, 0.4) is 0 Å². The number of halogens is 1. The van der Waals surface area contributed by atoms with Gasteiger partial charge < -0.3 is 5.32 Å². The van der Waals surface area contributed by atoms with E-state index in [1.54, 1.807) is 18.2 Å². The van der Waals surface area contributed by atoms with Crippen LogP contribution in [0.2, 0.25) is 0 Å². The van der Waals surface area contributed by atoms with Gasteiger partial charge in [0.15, 0.2) is 0 Å². The molecule has 0 unspecified atom stereocenters. The monoisotopic (exact) mass is 422 g/mol. The van der Waals surface area contributed by atoms with E-state index in [0.717, 1.165) is 21.0 Å². The Bertz CT molecular complexity index is 865. The second-order valence-corrected chi connectivity index (χ2v) is 7.98. The molecule has 0 aromatic heterocycles. The minimum Gasteiger partial charge on any atom is -0.326 e. The van der Waals surface area contributed by atoms with Crippen LogP contribution >= 0.6 is 15.9 Å². The molecule has 5 nitrogen and oxygen atoms in total. The molecule has 0 saturated heterocycles. The molecule has 0 spiro atoms. The number of carbonyl (C=O) groups excluding carboxylic acids is 1. The molecule has 2 N–H and O–H groups in total. The highest BCUT2D eigenvalue weighted by atomic mass is 79.9. The van der Waals surface area contributed by atoms with Crippen LogP contribution in [0.1, 0.15) is 17.5 Å². The van der Waals surface area contributed by atoms with Crippen LogP contribution in [0.25, 0.3) is 6.08 Å². The molecule has 0 radical (unpaired) electrons. The molecule has 0 fully saturated rings. The number of amides is 1. The third-order valence-electron chi connectivity index (χ3n) is 3.36. The fourth-order valence-corrected chi connectivity index (χ4v) is 3.36. The molecule has 0 atom stereocenters. The van der Waals surface area contributed by atoms with Crippen molar-refractivity contribution in [2.24, 2.45) is 0 Å². The summed E-state index contributed by atoms with van der Waals surface area (Å²) in [4.78, 5) is 11.9. The summed E-state index contributed by atoms with van der Waals surface area (Å²) in [5.41, 5.74) is 2.42. The highest BCUT2D eigenvalue weighted by molar-refractivity contribution is 9.10. The highest BCUT2D eigenvalue weighted by Gasteiger charge is 2.08. The smallest absolute Gasteiger partial charge is 0.233 e. The number of hydrogen-bond acceptors (Lipinski definition) is 3. The third kappa shape index (κ3) is 6.81. The molecule has 132 valence electrons. The van der Waals surface area contributed by atoms with Gasteiger partial charge in [0.25, 0.3) is 0 Å². The van der Waals surface area contributed by atoms with E-state index in [4.69, 9.17) is 0 Å². The Labute approximate surface area is 156 Å². The van der Waals surface area contributed by atoms with Gasteiger partial charge in [-0.3, -0.25) is 4.79 Å². The number of carbonyl (C=O) groups is 1. The standard InChI is InChI=1S/C18H19BrN2O3S/c1-14-13-16(19)7-8-17(14)21-18(22)9-11-20-25(23,24)12-10-15-5-3-2-4-6-15/h2-8,10,12-13,20H,9,11H2,1H3,(H,21,22)/b12-10+. The van der Waals surface area contributed by atoms with Crippen molar-refractivity contribution in [2.45, 2.75) is 13.3 Å². The maximum Gasteiger partial charge on any atom is 0.233 e. The number of aryl methyl sites for hydroxylation is 1. The lowest BCUT2D eigenvalue weighted by molar-refractivity contribution is -0.116. The zero-order valence-electron chi connectivity index (χ0n) is 13.7. The fraction of sp³-hybridized carbons (Fsp3) is 0.167.